The van der Waals surface area contributed by atoms with Gasteiger partial charge in [-0.25, -0.2) is 0 Å². The van der Waals surface area contributed by atoms with Crippen molar-refractivity contribution in [2.24, 2.45) is 10.8 Å². The Labute approximate surface area is 70.7 Å². The van der Waals surface area contributed by atoms with E-state index in [4.69, 9.17) is 5.73 Å². The molecular formula is C8H10N4. The Morgan fingerprint density at radius 1 is 1.33 bits per heavy atom. The molecule has 0 bridgehead atoms. The van der Waals surface area contributed by atoms with Crippen molar-refractivity contribution >= 4 is 11.6 Å². The molecule has 0 atom stereocenters. The average Bonchev–Trinajstić information content (AvgIpc) is 2.53. The predicted octanol–water partition coefficient (Wildman–Crippen LogP) is 0.283. The van der Waals surface area contributed by atoms with Gasteiger partial charge in [0.1, 0.15) is 6.67 Å². The summed E-state index contributed by atoms with van der Waals surface area (Å²) in [7, 11) is 0. The molecule has 1 aliphatic rings. The van der Waals surface area contributed by atoms with Gasteiger partial charge in [-0.05, 0) is 12.1 Å². The molecule has 0 aromatic heterocycles. The fraction of sp³-hybridized carbons (Fsp3) is 0.125. The number of nitrogens with zero attached hydrogens (tertiary/aromatic N) is 2. The van der Waals surface area contributed by atoms with E-state index in [1.807, 2.05) is 35.2 Å². The average molecular weight is 162 g/mol. The van der Waals surface area contributed by atoms with Crippen LogP contribution in [-0.4, -0.2) is 12.6 Å². The van der Waals surface area contributed by atoms with Crippen LogP contribution in [0, 0.1) is 0 Å². The second kappa shape index (κ2) is 2.73. The third-order valence-corrected chi connectivity index (χ3v) is 1.77. The lowest BCUT2D eigenvalue weighted by Gasteiger charge is -2.15. The molecule has 0 spiro atoms. The molecule has 3 N–H and O–H groups in total. The Bertz CT molecular complexity index is 293. The Morgan fingerprint density at radius 3 is 2.67 bits per heavy atom. The summed E-state index contributed by atoms with van der Waals surface area (Å²) in [5, 5.41) is 3.86. The quantitative estimate of drug-likeness (QED) is 0.623. The summed E-state index contributed by atoms with van der Waals surface area (Å²) < 4.78 is 0. The van der Waals surface area contributed by atoms with Crippen molar-refractivity contribution < 1.29 is 0 Å². The molecule has 4 nitrogen and oxygen atoms in total. The van der Waals surface area contributed by atoms with Crippen LogP contribution in [-0.2, 0) is 0 Å². The summed E-state index contributed by atoms with van der Waals surface area (Å²) in [6.07, 6.45) is 0. The summed E-state index contributed by atoms with van der Waals surface area (Å²) >= 11 is 0. The van der Waals surface area contributed by atoms with Gasteiger partial charge in [0, 0.05) is 5.69 Å². The topological polar surface area (TPSA) is 53.6 Å². The number of benzene rings is 1. The lowest BCUT2D eigenvalue weighted by Crippen LogP contribution is -2.34. The monoisotopic (exact) mass is 162 g/mol. The second-order valence-corrected chi connectivity index (χ2v) is 2.55. The molecule has 1 aromatic carbocycles. The van der Waals surface area contributed by atoms with Gasteiger partial charge in [0.25, 0.3) is 0 Å². The van der Waals surface area contributed by atoms with Gasteiger partial charge < -0.3 is 5.73 Å². The summed E-state index contributed by atoms with van der Waals surface area (Å²) in [6.45, 7) is 0.649. The van der Waals surface area contributed by atoms with Gasteiger partial charge in [0.2, 0.25) is 5.96 Å². The summed E-state index contributed by atoms with van der Waals surface area (Å²) in [4.78, 5) is 1.90. The number of nitrogens with one attached hydrogen (secondary N) is 1. The van der Waals surface area contributed by atoms with Crippen molar-refractivity contribution in [1.29, 1.82) is 0 Å². The molecule has 0 saturated carbocycles. The van der Waals surface area contributed by atoms with Crippen LogP contribution in [0.4, 0.5) is 5.69 Å². The second-order valence-electron chi connectivity index (χ2n) is 2.55. The highest BCUT2D eigenvalue weighted by atomic mass is 15.5. The molecule has 0 saturated heterocycles. The van der Waals surface area contributed by atoms with Crippen LogP contribution in [0.2, 0.25) is 0 Å². The van der Waals surface area contributed by atoms with Crippen LogP contribution < -0.4 is 16.1 Å². The van der Waals surface area contributed by atoms with Crippen LogP contribution >= 0.6 is 0 Å². The van der Waals surface area contributed by atoms with Gasteiger partial charge in [-0.15, -0.1) is 5.10 Å². The molecule has 1 heterocycles. The number of hydrazone groups is 1. The minimum Gasteiger partial charge on any atom is -0.368 e. The molecule has 0 unspecified atom stereocenters. The zero-order chi connectivity index (χ0) is 8.39. The predicted molar refractivity (Wildman–Crippen MR) is 48.5 cm³/mol. The van der Waals surface area contributed by atoms with Crippen molar-refractivity contribution in [3.63, 3.8) is 0 Å². The van der Waals surface area contributed by atoms with Crippen molar-refractivity contribution in [2.75, 3.05) is 11.6 Å². The Balaban J connectivity index is 2.27. The zero-order valence-corrected chi connectivity index (χ0v) is 6.57. The maximum Gasteiger partial charge on any atom is 0.219 e. The fourth-order valence-corrected chi connectivity index (χ4v) is 1.16. The molecule has 0 radical (unpaired) electrons. The molecule has 1 aliphatic heterocycles. The van der Waals surface area contributed by atoms with E-state index in [1.54, 1.807) is 0 Å². The van der Waals surface area contributed by atoms with E-state index in [0.29, 0.717) is 12.6 Å². The van der Waals surface area contributed by atoms with Crippen molar-refractivity contribution in [2.45, 2.75) is 0 Å². The van der Waals surface area contributed by atoms with Gasteiger partial charge in [-0.2, -0.15) is 0 Å². The first-order chi connectivity index (χ1) is 5.88. The normalized spacial score (nSPS) is 15.7. The highest BCUT2D eigenvalue weighted by Crippen LogP contribution is 2.13. The van der Waals surface area contributed by atoms with E-state index in [0.717, 1.165) is 5.69 Å². The lowest BCUT2D eigenvalue weighted by atomic mass is 10.3. The van der Waals surface area contributed by atoms with Crippen LogP contribution in [0.1, 0.15) is 0 Å². The van der Waals surface area contributed by atoms with Crippen LogP contribution in [0.15, 0.2) is 35.4 Å². The van der Waals surface area contributed by atoms with Gasteiger partial charge in [0.05, 0.1) is 0 Å². The third kappa shape index (κ3) is 1.07. The molecule has 0 amide bonds. The van der Waals surface area contributed by atoms with Crippen molar-refractivity contribution in [3.8, 4) is 0 Å². The number of nitrogens with two attached hydrogens (primary N) is 1. The zero-order valence-electron chi connectivity index (χ0n) is 6.57. The molecular weight excluding hydrogens is 152 g/mol. The van der Waals surface area contributed by atoms with Gasteiger partial charge in [-0.1, -0.05) is 18.2 Å². The molecule has 4 heteroatoms. The number of guanidine groups is 1. The van der Waals surface area contributed by atoms with Gasteiger partial charge in [-0.3, -0.25) is 10.3 Å². The third-order valence-electron chi connectivity index (χ3n) is 1.77. The molecule has 1 aromatic rings. The van der Waals surface area contributed by atoms with Gasteiger partial charge >= 0.3 is 0 Å². The standard InChI is InChI=1S/C8H10N4/c9-8-11-10-6-12(8)7-4-2-1-3-5-7/h1-5,10H,6H2,(H2,9,11). The summed E-state index contributed by atoms with van der Waals surface area (Å²) in [5.41, 5.74) is 9.49. The van der Waals surface area contributed by atoms with E-state index in [1.165, 1.54) is 0 Å². The number of anilines is 1. The first-order valence-corrected chi connectivity index (χ1v) is 3.76. The number of hydrogen-bond acceptors (Lipinski definition) is 4. The number of para-hydroxylation sites is 1. The molecule has 2 rings (SSSR count). The SMILES string of the molecule is NC1=NNCN1c1ccccc1. The summed E-state index contributed by atoms with van der Waals surface area (Å²) in [6, 6.07) is 9.91. The minimum absolute atomic E-state index is 0.515. The Hall–Kier alpha value is -1.71. The number of rotatable bonds is 1. The maximum atomic E-state index is 5.62. The van der Waals surface area contributed by atoms with Gasteiger partial charge in [0.15, 0.2) is 0 Å². The first kappa shape index (κ1) is 6.97. The molecule has 0 fully saturated rings. The molecule has 62 valence electrons. The molecule has 0 aliphatic carbocycles. The smallest absolute Gasteiger partial charge is 0.219 e. The lowest BCUT2D eigenvalue weighted by molar-refractivity contribution is 0.807. The highest BCUT2D eigenvalue weighted by Gasteiger charge is 2.13. The van der Waals surface area contributed by atoms with E-state index in [9.17, 15) is 0 Å². The largest absolute Gasteiger partial charge is 0.368 e. The van der Waals surface area contributed by atoms with Crippen molar-refractivity contribution in [3.05, 3.63) is 30.3 Å². The van der Waals surface area contributed by atoms with E-state index in [2.05, 4.69) is 10.5 Å². The molecule has 12 heavy (non-hydrogen) atoms. The summed E-state index contributed by atoms with van der Waals surface area (Å²) in [5.74, 6) is 0.515. The first-order valence-electron chi connectivity index (χ1n) is 3.76. The minimum atomic E-state index is 0.515. The number of hydrogen-bond donors (Lipinski definition) is 2. The Kier molecular flexibility index (Phi) is 1.59. The van der Waals surface area contributed by atoms with E-state index in [-0.39, 0.29) is 0 Å². The highest BCUT2D eigenvalue weighted by molar-refractivity contribution is 5.95. The van der Waals surface area contributed by atoms with Crippen LogP contribution in [0.3, 0.4) is 0 Å². The van der Waals surface area contributed by atoms with Crippen LogP contribution in [0.25, 0.3) is 0 Å². The van der Waals surface area contributed by atoms with E-state index < -0.39 is 0 Å². The van der Waals surface area contributed by atoms with Crippen molar-refractivity contribution in [1.82, 2.24) is 5.43 Å². The Morgan fingerprint density at radius 2 is 2.08 bits per heavy atom. The maximum absolute atomic E-state index is 5.62. The van der Waals surface area contributed by atoms with Crippen LogP contribution in [0.5, 0.6) is 0 Å². The fourth-order valence-electron chi connectivity index (χ4n) is 1.16. The van der Waals surface area contributed by atoms with E-state index >= 15 is 0 Å².